The van der Waals surface area contributed by atoms with E-state index in [9.17, 15) is 0 Å². The number of halogens is 2. The molecule has 9 rings (SSSR count). The second kappa shape index (κ2) is 23.6. The van der Waals surface area contributed by atoms with Crippen molar-refractivity contribution >= 4 is 67.1 Å². The van der Waals surface area contributed by atoms with E-state index in [4.69, 9.17) is 49.8 Å². The average molecular weight is 1110 g/mol. The third-order valence-corrected chi connectivity index (χ3v) is 19.7. The summed E-state index contributed by atoms with van der Waals surface area (Å²) < 4.78 is 23.7. The van der Waals surface area contributed by atoms with Gasteiger partial charge in [-0.1, -0.05) is 49.2 Å². The Bertz CT molecular complexity index is 2450. The van der Waals surface area contributed by atoms with Crippen LogP contribution in [0.15, 0.2) is 84.9 Å². The standard InChI is InChI=1S/C53H58O4P2.C6H14N2.2ClH.Ru/c1-31-23-41(24-32(2)49(31)54-9)58(42-25-33(3)50(55-10)34(4)26-42)45-17-13-15-39-19-21-53(47(39)45)22-20-40-16-14-18-46(48(40)53)59(43-27-35(5)51(56-11)36(6)28-43)44-29-37(7)52(57-12)38(8)30-44;7-5-3-1-2-4-6(5)8;;;/h13-18,23-30H,19-22H2,1-12H3;5-6H,1-4,7-8H2;2*1H;/q;;;;+2/p-2/t;5-,6-;;;/m.1.../s1. The summed E-state index contributed by atoms with van der Waals surface area (Å²) in [6.07, 6.45) is 9.16. The van der Waals surface area contributed by atoms with E-state index >= 15 is 0 Å². The Morgan fingerprint density at radius 2 is 0.729 bits per heavy atom. The van der Waals surface area contributed by atoms with Crippen molar-refractivity contribution in [2.75, 3.05) is 28.4 Å². The first-order chi connectivity index (χ1) is 33.6. The predicted molar refractivity (Wildman–Crippen MR) is 298 cm³/mol. The number of fused-ring (bicyclic) bond motifs is 4. The second-order valence-corrected chi connectivity index (χ2v) is 26.5. The summed E-state index contributed by atoms with van der Waals surface area (Å²) in [4.78, 5) is 0. The number of aryl methyl sites for hydroxylation is 10. The number of hydrogen-bond donors (Lipinski definition) is 2. The van der Waals surface area contributed by atoms with Gasteiger partial charge in [0.2, 0.25) is 0 Å². The Labute approximate surface area is 437 Å². The minimum absolute atomic E-state index is 0.112. The van der Waals surface area contributed by atoms with Crippen LogP contribution in [0.5, 0.6) is 23.0 Å². The van der Waals surface area contributed by atoms with Gasteiger partial charge in [0.1, 0.15) is 23.0 Å². The molecule has 4 N–H and O–H groups in total. The molecule has 1 saturated carbocycles. The van der Waals surface area contributed by atoms with Crippen LogP contribution in [0.2, 0.25) is 0 Å². The fraction of sp³-hybridized carbons (Fsp3) is 0.390. The summed E-state index contributed by atoms with van der Waals surface area (Å²) in [5.74, 6) is 3.88. The number of methoxy groups -OCH3 is 4. The molecule has 0 saturated heterocycles. The van der Waals surface area contributed by atoms with Gasteiger partial charge in [0.25, 0.3) is 0 Å². The third kappa shape index (κ3) is 10.8. The van der Waals surface area contributed by atoms with E-state index in [1.165, 1.54) is 100 Å². The molecule has 2 atom stereocenters. The molecule has 6 aromatic rings. The predicted octanol–water partition coefficient (Wildman–Crippen LogP) is 11.5. The van der Waals surface area contributed by atoms with E-state index in [1.54, 1.807) is 39.6 Å². The Morgan fingerprint density at radius 1 is 0.471 bits per heavy atom. The summed E-state index contributed by atoms with van der Waals surface area (Å²) in [6.45, 7) is 17.5. The molecular weight excluding hydrogens is 1030 g/mol. The summed E-state index contributed by atoms with van der Waals surface area (Å²) >= 11 is -0.346. The van der Waals surface area contributed by atoms with Gasteiger partial charge in [-0.25, -0.2) is 0 Å². The summed E-state index contributed by atoms with van der Waals surface area (Å²) in [7, 11) is 14.9. The van der Waals surface area contributed by atoms with E-state index in [0.29, 0.717) is 0 Å². The molecule has 3 aliphatic rings. The molecule has 3 aliphatic carbocycles. The zero-order valence-corrected chi connectivity index (χ0v) is 48.2. The molecule has 1 spiro atoms. The topological polar surface area (TPSA) is 89.0 Å². The number of nitrogens with two attached hydrogens (primary N) is 2. The molecule has 70 heavy (non-hydrogen) atoms. The Balaban J connectivity index is 0.000000585. The van der Waals surface area contributed by atoms with Crippen LogP contribution in [0.3, 0.4) is 0 Å². The molecule has 1 fully saturated rings. The van der Waals surface area contributed by atoms with Crippen LogP contribution in [-0.4, -0.2) is 40.5 Å². The van der Waals surface area contributed by atoms with E-state index in [2.05, 4.69) is 140 Å². The molecule has 0 bridgehead atoms. The van der Waals surface area contributed by atoms with Crippen LogP contribution in [-0.2, 0) is 33.4 Å². The van der Waals surface area contributed by atoms with Crippen LogP contribution in [0.4, 0.5) is 0 Å². The molecule has 374 valence electrons. The van der Waals surface area contributed by atoms with E-state index in [1.807, 2.05) is 0 Å². The summed E-state index contributed by atoms with van der Waals surface area (Å²) in [5.41, 5.74) is 26.7. The van der Waals surface area contributed by atoms with Crippen LogP contribution in [0, 0.1) is 55.4 Å². The molecule has 0 radical (unpaired) electrons. The molecule has 0 aliphatic heterocycles. The van der Waals surface area contributed by atoms with Crippen molar-refractivity contribution in [2.24, 2.45) is 11.5 Å². The van der Waals surface area contributed by atoms with E-state index in [-0.39, 0.29) is 32.6 Å². The van der Waals surface area contributed by atoms with Crippen LogP contribution < -0.4 is 62.2 Å². The van der Waals surface area contributed by atoms with Crippen molar-refractivity contribution in [2.45, 2.75) is 124 Å². The molecule has 6 nitrogen and oxygen atoms in total. The van der Waals surface area contributed by atoms with Crippen molar-refractivity contribution in [1.82, 2.24) is 0 Å². The average Bonchev–Trinajstić information content (AvgIpc) is 3.89. The van der Waals surface area contributed by atoms with Gasteiger partial charge < -0.3 is 30.4 Å². The first-order valence-electron chi connectivity index (χ1n) is 24.4. The van der Waals surface area contributed by atoms with Crippen molar-refractivity contribution in [3.63, 3.8) is 0 Å². The fourth-order valence-corrected chi connectivity index (χ4v) is 18.0. The zero-order chi connectivity index (χ0) is 50.6. The molecule has 11 heteroatoms. The summed E-state index contributed by atoms with van der Waals surface area (Å²) in [5, 5.41) is 8.38. The Kier molecular flexibility index (Phi) is 18.3. The van der Waals surface area contributed by atoms with E-state index < -0.39 is 15.8 Å². The second-order valence-electron chi connectivity index (χ2n) is 19.5. The van der Waals surface area contributed by atoms with Gasteiger partial charge in [0.05, 0.1) is 28.4 Å². The fourth-order valence-electron chi connectivity index (χ4n) is 12.1. The Morgan fingerprint density at radius 3 is 0.957 bits per heavy atom. The number of ether oxygens (including phenoxy) is 4. The van der Waals surface area contributed by atoms with Crippen molar-refractivity contribution in [1.29, 1.82) is 0 Å². The maximum atomic E-state index is 5.92. The number of benzene rings is 6. The van der Waals surface area contributed by atoms with Gasteiger partial charge in [0.15, 0.2) is 0 Å². The molecular formula is C59H72Cl2N2O4P2Ru. The van der Waals surface area contributed by atoms with Crippen molar-refractivity contribution < 1.29 is 34.1 Å². The molecule has 0 heterocycles. The maximum absolute atomic E-state index is 5.92. The molecule has 0 amide bonds. The van der Waals surface area contributed by atoms with Gasteiger partial charge in [-0.15, -0.1) is 0 Å². The molecule has 6 aromatic carbocycles. The van der Waals surface area contributed by atoms with Gasteiger partial charge in [0, 0.05) is 17.5 Å². The van der Waals surface area contributed by atoms with E-state index in [0.717, 1.165) is 61.5 Å². The zero-order valence-electron chi connectivity index (χ0n) is 43.2. The normalized spacial score (nSPS) is 16.6. The Hall–Kier alpha value is -3.50. The molecule has 0 aromatic heterocycles. The van der Waals surface area contributed by atoms with Gasteiger partial charge in [-0.3, -0.25) is 0 Å². The number of rotatable bonds is 10. The first kappa shape index (κ1) is 54.3. The number of hydrogen-bond acceptors (Lipinski definition) is 6. The van der Waals surface area contributed by atoms with Crippen LogP contribution in [0.25, 0.3) is 0 Å². The van der Waals surface area contributed by atoms with Crippen molar-refractivity contribution in [3.8, 4) is 23.0 Å². The van der Waals surface area contributed by atoms with Gasteiger partial charge in [-0.2, -0.15) is 0 Å². The third-order valence-electron chi connectivity index (χ3n) is 14.8. The van der Waals surface area contributed by atoms with Gasteiger partial charge in [-0.05, 0) is 257 Å². The molecule has 0 unspecified atom stereocenters. The minimum atomic E-state index is -0.955. The van der Waals surface area contributed by atoms with Crippen LogP contribution in [0.1, 0.15) is 105 Å². The SMILES string of the molecule is COc1c(C)cc(P(c2cc(C)c(OC)c(C)c2)c2cccc3c2C2(CC3)CCc3cccc(P(c4cc(C)c(OC)c(C)c4)c4cc(C)c(OC)c(C)c4)c32)cc1C.N[C@@H]1CCCC[C@H]1N.[Cl][Ru][Cl]. The first-order valence-corrected chi connectivity index (χ1v) is 31.6. The quantitative estimate of drug-likeness (QED) is 0.105. The summed E-state index contributed by atoms with van der Waals surface area (Å²) in [6, 6.07) is 34.1. The monoisotopic (exact) mass is 1110 g/mol. The van der Waals surface area contributed by atoms with Crippen molar-refractivity contribution in [3.05, 3.63) is 152 Å². The van der Waals surface area contributed by atoms with Crippen LogP contribution >= 0.6 is 35.2 Å². The van der Waals surface area contributed by atoms with Gasteiger partial charge >= 0.3 is 34.5 Å².